The second kappa shape index (κ2) is 8.93. The highest BCUT2D eigenvalue weighted by atomic mass is 16.5. The Balaban J connectivity index is 1.56. The maximum absolute atomic E-state index is 12.8. The number of amides is 2. The first-order valence-electron chi connectivity index (χ1n) is 10.7. The van der Waals surface area contributed by atoms with Crippen molar-refractivity contribution in [1.82, 2.24) is 24.0 Å². The van der Waals surface area contributed by atoms with Crippen LogP contribution in [-0.4, -0.2) is 43.7 Å². The number of carbonyl (C=O) groups excluding carboxylic acids is 2. The summed E-state index contributed by atoms with van der Waals surface area (Å²) < 4.78 is 8.99. The Kier molecular flexibility index (Phi) is 6.03. The standard InChI is InChI=1S/C22H26N6O5/c1-26-20-18(21(31)27(2)22(26)32)23-12-28(20)11-17(29)25-15-10-13(8-9-16(15)33-3)19(30)24-14-6-4-5-7-14/h8-10,12,14H,4-7,11H2,1-3H3,(H,24,30)(H,25,29). The van der Waals surface area contributed by atoms with Crippen LogP contribution in [0.2, 0.25) is 0 Å². The molecule has 4 rings (SSSR count). The number of rotatable bonds is 6. The third-order valence-electron chi connectivity index (χ3n) is 5.95. The van der Waals surface area contributed by atoms with Gasteiger partial charge in [0, 0.05) is 25.7 Å². The van der Waals surface area contributed by atoms with E-state index in [1.165, 1.54) is 36.7 Å². The van der Waals surface area contributed by atoms with Gasteiger partial charge in [0.2, 0.25) is 5.91 Å². The first-order valence-corrected chi connectivity index (χ1v) is 10.7. The molecular formula is C22H26N6O5. The van der Waals surface area contributed by atoms with Crippen LogP contribution in [0.1, 0.15) is 36.0 Å². The fraction of sp³-hybridized carbons (Fsp3) is 0.409. The smallest absolute Gasteiger partial charge is 0.332 e. The molecule has 0 bridgehead atoms. The van der Waals surface area contributed by atoms with Crippen molar-refractivity contribution >= 4 is 28.7 Å². The van der Waals surface area contributed by atoms with E-state index < -0.39 is 17.2 Å². The van der Waals surface area contributed by atoms with Gasteiger partial charge in [-0.15, -0.1) is 0 Å². The van der Waals surface area contributed by atoms with Crippen molar-refractivity contribution in [3.8, 4) is 5.75 Å². The first-order chi connectivity index (χ1) is 15.8. The highest BCUT2D eigenvalue weighted by molar-refractivity contribution is 5.98. The number of hydrogen-bond donors (Lipinski definition) is 2. The lowest BCUT2D eigenvalue weighted by atomic mass is 10.1. The van der Waals surface area contributed by atoms with Crippen LogP contribution in [0.4, 0.5) is 5.69 Å². The normalized spacial score (nSPS) is 13.9. The number of aromatic nitrogens is 4. The summed E-state index contributed by atoms with van der Waals surface area (Å²) in [6.45, 7) is -0.196. The van der Waals surface area contributed by atoms with Crippen molar-refractivity contribution < 1.29 is 14.3 Å². The fourth-order valence-corrected chi connectivity index (χ4v) is 4.19. The van der Waals surface area contributed by atoms with Gasteiger partial charge in [0.1, 0.15) is 17.9 Å². The summed E-state index contributed by atoms with van der Waals surface area (Å²) in [6, 6.07) is 5.01. The predicted octanol–water partition coefficient (Wildman–Crippen LogP) is 0.753. The maximum atomic E-state index is 12.8. The van der Waals surface area contributed by atoms with Gasteiger partial charge in [-0.25, -0.2) is 9.78 Å². The maximum Gasteiger partial charge on any atom is 0.332 e. The third kappa shape index (κ3) is 4.26. The van der Waals surface area contributed by atoms with Crippen LogP contribution in [0, 0.1) is 0 Å². The molecule has 0 aliphatic heterocycles. The molecule has 0 saturated heterocycles. The van der Waals surface area contributed by atoms with E-state index in [-0.39, 0.29) is 29.7 Å². The molecule has 33 heavy (non-hydrogen) atoms. The molecule has 1 aliphatic carbocycles. The number of benzene rings is 1. The monoisotopic (exact) mass is 454 g/mol. The van der Waals surface area contributed by atoms with E-state index in [9.17, 15) is 19.2 Å². The molecule has 1 aromatic carbocycles. The lowest BCUT2D eigenvalue weighted by Crippen LogP contribution is -2.37. The number of hydrogen-bond acceptors (Lipinski definition) is 6. The van der Waals surface area contributed by atoms with E-state index in [1.54, 1.807) is 18.2 Å². The third-order valence-corrected chi connectivity index (χ3v) is 5.95. The Bertz CT molecular complexity index is 1350. The zero-order valence-corrected chi connectivity index (χ0v) is 18.8. The minimum atomic E-state index is -0.532. The SMILES string of the molecule is COc1ccc(C(=O)NC2CCCC2)cc1NC(=O)Cn1cnc2c(=O)n(C)c(=O)n(C)c21. The Labute approximate surface area is 189 Å². The number of nitrogens with zero attached hydrogens (tertiary/aromatic N) is 4. The Morgan fingerprint density at radius 1 is 1.15 bits per heavy atom. The van der Waals surface area contributed by atoms with Gasteiger partial charge in [-0.1, -0.05) is 12.8 Å². The molecule has 3 aromatic rings. The summed E-state index contributed by atoms with van der Waals surface area (Å²) in [5, 5.41) is 5.77. The molecule has 11 nitrogen and oxygen atoms in total. The molecule has 1 saturated carbocycles. The molecule has 2 aromatic heterocycles. The fourth-order valence-electron chi connectivity index (χ4n) is 4.19. The van der Waals surface area contributed by atoms with E-state index in [2.05, 4.69) is 15.6 Å². The molecular weight excluding hydrogens is 428 g/mol. The number of nitrogens with one attached hydrogen (secondary N) is 2. The van der Waals surface area contributed by atoms with Gasteiger partial charge >= 0.3 is 5.69 Å². The molecule has 0 unspecified atom stereocenters. The highest BCUT2D eigenvalue weighted by Gasteiger charge is 2.20. The summed E-state index contributed by atoms with van der Waals surface area (Å²) in [5.41, 5.74) is 0.0467. The zero-order valence-electron chi connectivity index (χ0n) is 18.8. The van der Waals surface area contributed by atoms with Gasteiger partial charge in [-0.2, -0.15) is 0 Å². The minimum Gasteiger partial charge on any atom is -0.495 e. The molecule has 2 heterocycles. The highest BCUT2D eigenvalue weighted by Crippen LogP contribution is 2.26. The molecule has 11 heteroatoms. The van der Waals surface area contributed by atoms with Crippen molar-refractivity contribution in [3.63, 3.8) is 0 Å². The van der Waals surface area contributed by atoms with E-state index in [0.29, 0.717) is 17.0 Å². The van der Waals surface area contributed by atoms with Crippen LogP contribution < -0.4 is 26.6 Å². The number of aryl methyl sites for hydroxylation is 1. The van der Waals surface area contributed by atoms with Gasteiger partial charge in [-0.05, 0) is 31.0 Å². The molecule has 1 aliphatic rings. The lowest BCUT2D eigenvalue weighted by molar-refractivity contribution is -0.116. The van der Waals surface area contributed by atoms with Crippen LogP contribution in [0.25, 0.3) is 11.2 Å². The quantitative estimate of drug-likeness (QED) is 0.566. The number of imidazole rings is 1. The Hall–Kier alpha value is -3.89. The average molecular weight is 454 g/mol. The van der Waals surface area contributed by atoms with E-state index >= 15 is 0 Å². The van der Waals surface area contributed by atoms with E-state index in [4.69, 9.17) is 4.74 Å². The molecule has 0 radical (unpaired) electrons. The molecule has 2 N–H and O–H groups in total. The van der Waals surface area contributed by atoms with Crippen molar-refractivity contribution in [2.75, 3.05) is 12.4 Å². The molecule has 0 spiro atoms. The second-order valence-corrected chi connectivity index (χ2v) is 8.17. The Morgan fingerprint density at radius 2 is 1.88 bits per heavy atom. The molecule has 1 fully saturated rings. The van der Waals surface area contributed by atoms with Crippen molar-refractivity contribution in [3.05, 3.63) is 50.9 Å². The summed E-state index contributed by atoms with van der Waals surface area (Å²) in [4.78, 5) is 54.1. The van der Waals surface area contributed by atoms with Crippen molar-refractivity contribution in [2.45, 2.75) is 38.3 Å². The summed E-state index contributed by atoms with van der Waals surface area (Å²) in [7, 11) is 4.35. The van der Waals surface area contributed by atoms with Gasteiger partial charge in [0.05, 0.1) is 19.1 Å². The predicted molar refractivity (Wildman–Crippen MR) is 122 cm³/mol. The molecule has 2 amide bonds. The van der Waals surface area contributed by atoms with E-state index in [1.807, 2.05) is 0 Å². The summed E-state index contributed by atoms with van der Waals surface area (Å²) >= 11 is 0. The minimum absolute atomic E-state index is 0.0931. The van der Waals surface area contributed by atoms with Gasteiger partial charge < -0.3 is 19.9 Å². The van der Waals surface area contributed by atoms with Crippen LogP contribution in [0.5, 0.6) is 5.75 Å². The van der Waals surface area contributed by atoms with Crippen LogP contribution in [0.15, 0.2) is 34.1 Å². The van der Waals surface area contributed by atoms with Gasteiger partial charge in [0.15, 0.2) is 5.52 Å². The van der Waals surface area contributed by atoms with Crippen molar-refractivity contribution in [2.24, 2.45) is 14.1 Å². The average Bonchev–Trinajstić information content (AvgIpc) is 3.46. The largest absolute Gasteiger partial charge is 0.495 e. The molecule has 0 atom stereocenters. The number of carbonyl (C=O) groups is 2. The summed E-state index contributed by atoms with van der Waals surface area (Å²) in [5.74, 6) is -0.238. The number of ether oxygens (including phenoxy) is 1. The van der Waals surface area contributed by atoms with E-state index in [0.717, 1.165) is 30.3 Å². The lowest BCUT2D eigenvalue weighted by Gasteiger charge is -2.15. The first kappa shape index (κ1) is 22.3. The van der Waals surface area contributed by atoms with Gasteiger partial charge in [0.25, 0.3) is 11.5 Å². The van der Waals surface area contributed by atoms with Crippen LogP contribution >= 0.6 is 0 Å². The van der Waals surface area contributed by atoms with Crippen LogP contribution in [-0.2, 0) is 25.4 Å². The number of anilines is 1. The topological polar surface area (TPSA) is 129 Å². The molecule has 174 valence electrons. The Morgan fingerprint density at radius 3 is 2.58 bits per heavy atom. The summed E-state index contributed by atoms with van der Waals surface area (Å²) in [6.07, 6.45) is 5.49. The zero-order chi connectivity index (χ0) is 23.7. The number of fused-ring (bicyclic) bond motifs is 1. The van der Waals surface area contributed by atoms with Crippen molar-refractivity contribution in [1.29, 1.82) is 0 Å². The number of methoxy groups -OCH3 is 1. The second-order valence-electron chi connectivity index (χ2n) is 8.17. The van der Waals surface area contributed by atoms with Crippen LogP contribution in [0.3, 0.4) is 0 Å². The van der Waals surface area contributed by atoms with Gasteiger partial charge in [-0.3, -0.25) is 23.5 Å².